The lowest BCUT2D eigenvalue weighted by Gasteiger charge is -2.34. The normalized spacial score (nSPS) is 14.5. The molecule has 1 heterocycles. The minimum Gasteiger partial charge on any atom is -0.497 e. The molecule has 1 amide bonds. The van der Waals surface area contributed by atoms with Gasteiger partial charge in [-0.15, -0.1) is 12.4 Å². The zero-order valence-electron chi connectivity index (χ0n) is 20.3. The second-order valence-corrected chi connectivity index (χ2v) is 9.53. The van der Waals surface area contributed by atoms with Crippen molar-refractivity contribution in [1.29, 1.82) is 0 Å². The Morgan fingerprint density at radius 3 is 1.94 bits per heavy atom. The van der Waals surface area contributed by atoms with Crippen LogP contribution in [0.2, 0.25) is 0 Å². The van der Waals surface area contributed by atoms with Crippen molar-refractivity contribution in [2.75, 3.05) is 67.7 Å². The fraction of sp³-hybridized carbons (Fsp3) is 0.435. The first-order chi connectivity index (χ1) is 16.3. The third-order valence-electron chi connectivity index (χ3n) is 5.67. The van der Waals surface area contributed by atoms with E-state index in [4.69, 9.17) is 18.9 Å². The number of hydrogen-bond donors (Lipinski definition) is 1. The molecule has 1 N–H and O–H groups in total. The van der Waals surface area contributed by atoms with Gasteiger partial charge in [0.25, 0.3) is 5.91 Å². The Bertz CT molecular complexity index is 1060. The standard InChI is InChI=1S/C23H31N3O7S.ClH/c1-30-18-5-7-19(8-6-18)34(28,29)26-13-11-25(12-14-26)10-9-24-23(27)17-15-20(31-2)22(33-4)21(16-17)32-3;/h5-8,15-16H,9-14H2,1-4H3,(H,24,27);1H. The average molecular weight is 530 g/mol. The topological polar surface area (TPSA) is 107 Å². The largest absolute Gasteiger partial charge is 0.497 e. The van der Waals surface area contributed by atoms with Crippen LogP contribution in [0.25, 0.3) is 0 Å². The summed E-state index contributed by atoms with van der Waals surface area (Å²) < 4.78 is 48.2. The highest BCUT2D eigenvalue weighted by Crippen LogP contribution is 2.38. The van der Waals surface area contributed by atoms with Crippen LogP contribution in [0, 0.1) is 0 Å². The van der Waals surface area contributed by atoms with E-state index in [1.165, 1.54) is 32.7 Å². The molecule has 1 fully saturated rings. The third kappa shape index (κ3) is 6.69. The van der Waals surface area contributed by atoms with E-state index in [1.807, 2.05) is 0 Å². The Balaban J connectivity index is 0.00000432. The van der Waals surface area contributed by atoms with E-state index in [-0.39, 0.29) is 23.2 Å². The van der Waals surface area contributed by atoms with E-state index in [2.05, 4.69) is 10.2 Å². The molecule has 0 aliphatic carbocycles. The molecule has 0 unspecified atom stereocenters. The fourth-order valence-corrected chi connectivity index (χ4v) is 5.15. The highest BCUT2D eigenvalue weighted by Gasteiger charge is 2.28. The van der Waals surface area contributed by atoms with Gasteiger partial charge in [0.2, 0.25) is 15.8 Å². The van der Waals surface area contributed by atoms with Crippen LogP contribution in [0.1, 0.15) is 10.4 Å². The zero-order valence-corrected chi connectivity index (χ0v) is 21.9. The number of ether oxygens (including phenoxy) is 4. The summed E-state index contributed by atoms with van der Waals surface area (Å²) in [5.41, 5.74) is 0.393. The number of carbonyl (C=O) groups excluding carboxylic acids is 1. The van der Waals surface area contributed by atoms with E-state index in [0.717, 1.165) is 0 Å². The lowest BCUT2D eigenvalue weighted by molar-refractivity contribution is 0.0944. The van der Waals surface area contributed by atoms with E-state index in [9.17, 15) is 13.2 Å². The summed E-state index contributed by atoms with van der Waals surface area (Å²) in [6.45, 7) is 2.95. The number of halogens is 1. The number of rotatable bonds is 10. The number of nitrogens with zero attached hydrogens (tertiary/aromatic N) is 2. The predicted molar refractivity (Wildman–Crippen MR) is 134 cm³/mol. The first-order valence-electron chi connectivity index (χ1n) is 10.8. The van der Waals surface area contributed by atoms with E-state index >= 15 is 0 Å². The van der Waals surface area contributed by atoms with E-state index in [0.29, 0.717) is 67.8 Å². The van der Waals surface area contributed by atoms with Crippen LogP contribution in [-0.2, 0) is 10.0 Å². The van der Waals surface area contributed by atoms with Crippen LogP contribution < -0.4 is 24.3 Å². The molecule has 35 heavy (non-hydrogen) atoms. The number of hydrogen-bond acceptors (Lipinski definition) is 8. The molecule has 12 heteroatoms. The number of benzene rings is 2. The molecule has 0 saturated carbocycles. The lowest BCUT2D eigenvalue weighted by atomic mass is 10.1. The van der Waals surface area contributed by atoms with Gasteiger partial charge in [-0.2, -0.15) is 4.31 Å². The van der Waals surface area contributed by atoms with Crippen LogP contribution >= 0.6 is 12.4 Å². The number of piperazine rings is 1. The Labute approximate surface area is 212 Å². The molecule has 10 nitrogen and oxygen atoms in total. The molecule has 0 bridgehead atoms. The minimum atomic E-state index is -3.55. The molecule has 1 saturated heterocycles. The van der Waals surface area contributed by atoms with Crippen molar-refractivity contribution in [2.24, 2.45) is 0 Å². The maximum absolute atomic E-state index is 12.9. The van der Waals surface area contributed by atoms with Crippen molar-refractivity contribution in [3.05, 3.63) is 42.0 Å². The number of carbonyl (C=O) groups is 1. The van der Waals surface area contributed by atoms with Gasteiger partial charge in [-0.1, -0.05) is 0 Å². The molecular formula is C23H32ClN3O7S. The average Bonchev–Trinajstić information content (AvgIpc) is 2.87. The fourth-order valence-electron chi connectivity index (χ4n) is 3.73. The van der Waals surface area contributed by atoms with Crippen molar-refractivity contribution in [1.82, 2.24) is 14.5 Å². The van der Waals surface area contributed by atoms with Crippen molar-refractivity contribution in [3.8, 4) is 23.0 Å². The number of amides is 1. The van der Waals surface area contributed by atoms with Gasteiger partial charge in [0.05, 0.1) is 33.3 Å². The molecule has 194 valence electrons. The van der Waals surface area contributed by atoms with Gasteiger partial charge in [-0.05, 0) is 36.4 Å². The molecule has 2 aromatic carbocycles. The monoisotopic (exact) mass is 529 g/mol. The van der Waals surface area contributed by atoms with Gasteiger partial charge in [-0.25, -0.2) is 8.42 Å². The van der Waals surface area contributed by atoms with Crippen molar-refractivity contribution in [2.45, 2.75) is 4.90 Å². The molecule has 0 radical (unpaired) electrons. The molecular weight excluding hydrogens is 498 g/mol. The molecule has 1 aliphatic rings. The van der Waals surface area contributed by atoms with Crippen LogP contribution in [0.15, 0.2) is 41.3 Å². The lowest BCUT2D eigenvalue weighted by Crippen LogP contribution is -2.50. The Morgan fingerprint density at radius 1 is 0.886 bits per heavy atom. The summed E-state index contributed by atoms with van der Waals surface area (Å²) >= 11 is 0. The molecule has 0 spiro atoms. The van der Waals surface area contributed by atoms with Crippen molar-refractivity contribution >= 4 is 28.3 Å². The first kappa shape index (κ1) is 28.5. The molecule has 3 rings (SSSR count). The van der Waals surface area contributed by atoms with Gasteiger partial charge < -0.3 is 24.3 Å². The van der Waals surface area contributed by atoms with E-state index < -0.39 is 10.0 Å². The van der Waals surface area contributed by atoms with E-state index in [1.54, 1.807) is 36.4 Å². The van der Waals surface area contributed by atoms with Crippen molar-refractivity contribution < 1.29 is 32.2 Å². The summed E-state index contributed by atoms with van der Waals surface area (Å²) in [7, 11) is 2.47. The summed E-state index contributed by atoms with van der Waals surface area (Å²) in [4.78, 5) is 15.0. The highest BCUT2D eigenvalue weighted by molar-refractivity contribution is 7.89. The molecule has 1 aliphatic heterocycles. The summed E-state index contributed by atoms with van der Waals surface area (Å²) in [6, 6.07) is 9.58. The second kappa shape index (κ2) is 12.8. The van der Waals surface area contributed by atoms with Gasteiger partial charge in [0.15, 0.2) is 11.5 Å². The summed E-state index contributed by atoms with van der Waals surface area (Å²) in [5.74, 6) is 1.57. The Hall–Kier alpha value is -2.73. The minimum absolute atomic E-state index is 0. The summed E-state index contributed by atoms with van der Waals surface area (Å²) in [5, 5.41) is 2.89. The first-order valence-corrected chi connectivity index (χ1v) is 12.2. The Morgan fingerprint density at radius 2 is 1.46 bits per heavy atom. The predicted octanol–water partition coefficient (Wildman–Crippen LogP) is 1.88. The zero-order chi connectivity index (χ0) is 24.7. The molecule has 2 aromatic rings. The SMILES string of the molecule is COc1ccc(S(=O)(=O)N2CCN(CCNC(=O)c3cc(OC)c(OC)c(OC)c3)CC2)cc1.Cl. The number of sulfonamides is 1. The van der Waals surface area contributed by atoms with Gasteiger partial charge in [-0.3, -0.25) is 9.69 Å². The third-order valence-corrected chi connectivity index (χ3v) is 7.58. The maximum atomic E-state index is 12.9. The quantitative estimate of drug-likeness (QED) is 0.497. The van der Waals surface area contributed by atoms with Crippen LogP contribution in [0.5, 0.6) is 23.0 Å². The van der Waals surface area contributed by atoms with Crippen LogP contribution in [0.3, 0.4) is 0 Å². The van der Waals surface area contributed by atoms with Crippen molar-refractivity contribution in [3.63, 3.8) is 0 Å². The van der Waals surface area contributed by atoms with Gasteiger partial charge in [0, 0.05) is 44.8 Å². The number of nitrogens with one attached hydrogen (secondary N) is 1. The number of methoxy groups -OCH3 is 4. The second-order valence-electron chi connectivity index (χ2n) is 7.59. The molecule has 0 aromatic heterocycles. The van der Waals surface area contributed by atoms with Crippen LogP contribution in [0.4, 0.5) is 0 Å². The van der Waals surface area contributed by atoms with Gasteiger partial charge >= 0.3 is 0 Å². The van der Waals surface area contributed by atoms with Crippen LogP contribution in [-0.4, -0.2) is 91.2 Å². The summed E-state index contributed by atoms with van der Waals surface area (Å²) in [6.07, 6.45) is 0. The molecule has 0 atom stereocenters. The highest BCUT2D eigenvalue weighted by atomic mass is 35.5. The Kier molecular flexibility index (Phi) is 10.4. The van der Waals surface area contributed by atoms with Gasteiger partial charge in [0.1, 0.15) is 5.75 Å². The smallest absolute Gasteiger partial charge is 0.251 e. The maximum Gasteiger partial charge on any atom is 0.251 e.